The molecule has 2 aliphatic heterocycles. The van der Waals surface area contributed by atoms with E-state index in [1.807, 2.05) is 0 Å². The second-order valence-electron chi connectivity index (χ2n) is 8.36. The first-order valence-electron chi connectivity index (χ1n) is 10.8. The van der Waals surface area contributed by atoms with Crippen LogP contribution in [0.5, 0.6) is 0 Å². The Hall–Kier alpha value is -1.07. The van der Waals surface area contributed by atoms with E-state index < -0.39 is 0 Å². The van der Waals surface area contributed by atoms with Crippen molar-refractivity contribution in [3.63, 3.8) is 0 Å². The molecule has 2 aromatic rings. The van der Waals surface area contributed by atoms with Crippen molar-refractivity contribution in [2.75, 3.05) is 6.16 Å². The second-order valence-corrected chi connectivity index (χ2v) is 10.7. The maximum atomic E-state index is 2.34. The third-order valence-corrected chi connectivity index (χ3v) is 9.42. The topological polar surface area (TPSA) is 0 Å². The second kappa shape index (κ2) is 9.23. The first kappa shape index (κ1) is 18.3. The van der Waals surface area contributed by atoms with Crippen molar-refractivity contribution < 1.29 is 0 Å². The number of unbranched alkanes of at least 4 members (excludes halogenated alkanes) is 1. The molecule has 0 amide bonds. The molecule has 26 heavy (non-hydrogen) atoms. The van der Waals surface area contributed by atoms with E-state index in [1.54, 1.807) is 10.6 Å². The van der Waals surface area contributed by atoms with Gasteiger partial charge in [0.2, 0.25) is 0 Å². The van der Waals surface area contributed by atoms with Crippen LogP contribution in [0.25, 0.3) is 0 Å². The molecule has 2 saturated heterocycles. The van der Waals surface area contributed by atoms with E-state index in [2.05, 4.69) is 60.7 Å². The number of fused-ring (bicyclic) bond motifs is 2. The summed E-state index contributed by atoms with van der Waals surface area (Å²) in [6.45, 7) is 1.07. The monoisotopic (exact) mass is 362 g/mol. The Labute approximate surface area is 161 Å². The van der Waals surface area contributed by atoms with Crippen LogP contribution in [0.1, 0.15) is 51.4 Å². The third kappa shape index (κ3) is 4.43. The summed E-state index contributed by atoms with van der Waals surface area (Å²) in [4.78, 5) is 0. The van der Waals surface area contributed by atoms with E-state index in [1.165, 1.54) is 63.8 Å². The molecular formula is C24H32BP. The lowest BCUT2D eigenvalue weighted by molar-refractivity contribution is 0.440. The Bertz CT molecular complexity index is 595. The summed E-state index contributed by atoms with van der Waals surface area (Å²) in [5, 5.41) is 3.09. The molecule has 2 aromatic carbocycles. The third-order valence-electron chi connectivity index (χ3n) is 6.82. The Kier molecular flexibility index (Phi) is 6.50. The van der Waals surface area contributed by atoms with Crippen LogP contribution in [-0.4, -0.2) is 12.9 Å². The van der Waals surface area contributed by atoms with Crippen molar-refractivity contribution >= 4 is 25.2 Å². The predicted octanol–water partition coefficient (Wildman–Crippen LogP) is 6.50. The van der Waals surface area contributed by atoms with Gasteiger partial charge >= 0.3 is 0 Å². The molecule has 2 heteroatoms. The molecule has 0 N–H and O–H groups in total. The summed E-state index contributed by atoms with van der Waals surface area (Å²) in [7, 11) is -0.192. The highest BCUT2D eigenvalue weighted by Crippen LogP contribution is 2.48. The number of benzene rings is 2. The minimum absolute atomic E-state index is 0.192. The van der Waals surface area contributed by atoms with Gasteiger partial charge in [-0.1, -0.05) is 124 Å². The van der Waals surface area contributed by atoms with Gasteiger partial charge < -0.3 is 0 Å². The van der Waals surface area contributed by atoms with Gasteiger partial charge in [0, 0.05) is 0 Å². The van der Waals surface area contributed by atoms with Gasteiger partial charge in [0.05, 0.1) is 0 Å². The molecule has 0 radical (unpaired) electrons. The molecule has 4 rings (SSSR count). The van der Waals surface area contributed by atoms with E-state index in [0.717, 1.165) is 18.3 Å². The van der Waals surface area contributed by atoms with Crippen LogP contribution >= 0.6 is 7.92 Å². The van der Waals surface area contributed by atoms with E-state index >= 15 is 0 Å². The smallest absolute Gasteiger partial charge is 0.0737 e. The molecule has 136 valence electrons. The Morgan fingerprint density at radius 1 is 0.692 bits per heavy atom. The van der Waals surface area contributed by atoms with E-state index in [-0.39, 0.29) is 7.92 Å². The average molecular weight is 362 g/mol. The molecule has 0 nitrogen and oxygen atoms in total. The maximum Gasteiger partial charge on any atom is 0.146 e. The molecule has 0 spiro atoms. The zero-order chi connectivity index (χ0) is 17.6. The highest BCUT2D eigenvalue weighted by molar-refractivity contribution is 7.73. The van der Waals surface area contributed by atoms with Gasteiger partial charge in [-0.3, -0.25) is 0 Å². The summed E-state index contributed by atoms with van der Waals surface area (Å²) in [5.74, 6) is 2.15. The van der Waals surface area contributed by atoms with Gasteiger partial charge in [-0.25, -0.2) is 0 Å². The van der Waals surface area contributed by atoms with Crippen molar-refractivity contribution in [1.82, 2.24) is 0 Å². The maximum absolute atomic E-state index is 2.34. The molecule has 2 bridgehead atoms. The lowest BCUT2D eigenvalue weighted by Crippen LogP contribution is -2.34. The van der Waals surface area contributed by atoms with Crippen molar-refractivity contribution in [3.05, 3.63) is 60.7 Å². The lowest BCUT2D eigenvalue weighted by Gasteiger charge is -2.40. The van der Waals surface area contributed by atoms with E-state index in [4.69, 9.17) is 0 Å². The van der Waals surface area contributed by atoms with Crippen LogP contribution in [0.4, 0.5) is 0 Å². The van der Waals surface area contributed by atoms with Crippen molar-refractivity contribution in [1.29, 1.82) is 0 Å². The minimum atomic E-state index is -0.192. The van der Waals surface area contributed by atoms with Crippen LogP contribution in [-0.2, 0) is 0 Å². The molecule has 0 aliphatic carbocycles. The summed E-state index contributed by atoms with van der Waals surface area (Å²) in [6.07, 6.45) is 14.8. The van der Waals surface area contributed by atoms with Gasteiger partial charge in [0.1, 0.15) is 6.71 Å². The molecule has 0 atom stereocenters. The lowest BCUT2D eigenvalue weighted by atomic mass is 9.26. The van der Waals surface area contributed by atoms with Crippen LogP contribution in [0.3, 0.4) is 0 Å². The van der Waals surface area contributed by atoms with Gasteiger partial charge in [-0.05, 0) is 31.1 Å². The normalized spacial score (nSPS) is 22.6. The molecule has 0 unspecified atom stereocenters. The largest absolute Gasteiger partial charge is 0.146 e. The Morgan fingerprint density at radius 2 is 1.19 bits per heavy atom. The molecule has 2 aliphatic rings. The van der Waals surface area contributed by atoms with Gasteiger partial charge in [-0.2, -0.15) is 0 Å². The van der Waals surface area contributed by atoms with E-state index in [0.29, 0.717) is 0 Å². The van der Waals surface area contributed by atoms with Crippen molar-refractivity contribution in [2.24, 2.45) is 0 Å². The highest BCUT2D eigenvalue weighted by atomic mass is 31.1. The number of rotatable bonds is 7. The van der Waals surface area contributed by atoms with Crippen LogP contribution in [0.2, 0.25) is 18.0 Å². The fourth-order valence-electron chi connectivity index (χ4n) is 5.56. The molecule has 0 aromatic heterocycles. The van der Waals surface area contributed by atoms with Crippen molar-refractivity contribution in [2.45, 2.75) is 69.3 Å². The Balaban J connectivity index is 1.35. The Morgan fingerprint density at radius 3 is 1.69 bits per heavy atom. The summed E-state index contributed by atoms with van der Waals surface area (Å²) in [6, 6.07) is 22.5. The molecule has 2 fully saturated rings. The standard InChI is InChI=1S/C24H32BP/c1-3-15-23(16-4-1)26(24-17-5-2-6-18-24)20-8-7-19-25-21-11-9-12-22(25)14-10-13-21/h1-6,15-18,21-22H,7-14,19-20H2. The molecule has 2 heterocycles. The van der Waals surface area contributed by atoms with Crippen molar-refractivity contribution in [3.8, 4) is 0 Å². The summed E-state index contributed by atoms with van der Waals surface area (Å²) in [5.41, 5.74) is 0. The van der Waals surface area contributed by atoms with Crippen LogP contribution < -0.4 is 10.6 Å². The van der Waals surface area contributed by atoms with Gasteiger partial charge in [0.25, 0.3) is 0 Å². The van der Waals surface area contributed by atoms with Crippen LogP contribution in [0.15, 0.2) is 60.7 Å². The summed E-state index contributed by atoms with van der Waals surface area (Å²) >= 11 is 0. The zero-order valence-corrected chi connectivity index (χ0v) is 16.9. The zero-order valence-electron chi connectivity index (χ0n) is 16.0. The molecule has 0 saturated carbocycles. The first-order chi connectivity index (χ1) is 12.9. The van der Waals surface area contributed by atoms with Gasteiger partial charge in [-0.15, -0.1) is 0 Å². The summed E-state index contributed by atoms with van der Waals surface area (Å²) < 4.78 is 0. The minimum Gasteiger partial charge on any atom is -0.0737 e. The highest BCUT2D eigenvalue weighted by Gasteiger charge is 2.38. The average Bonchev–Trinajstić information content (AvgIpc) is 2.69. The van der Waals surface area contributed by atoms with Crippen LogP contribution in [0, 0.1) is 0 Å². The fourth-order valence-corrected chi connectivity index (χ4v) is 7.98. The van der Waals surface area contributed by atoms with Gasteiger partial charge in [0.15, 0.2) is 0 Å². The quantitative estimate of drug-likeness (QED) is 0.299. The number of hydrogen-bond acceptors (Lipinski definition) is 0. The molecular weight excluding hydrogens is 330 g/mol. The van der Waals surface area contributed by atoms with E-state index in [9.17, 15) is 0 Å². The predicted molar refractivity (Wildman–Crippen MR) is 119 cm³/mol. The SMILES string of the molecule is c1ccc(P(CCCCB2C3CCCC2CCC3)c2ccccc2)cc1. The first-order valence-corrected chi connectivity index (χ1v) is 12.3. The fraction of sp³-hybridized carbons (Fsp3) is 0.500. The number of hydrogen-bond donors (Lipinski definition) is 0.